The number of aromatic nitrogens is 2. The molecule has 27 heavy (non-hydrogen) atoms. The van der Waals surface area contributed by atoms with E-state index in [1.807, 2.05) is 13.0 Å². The van der Waals surface area contributed by atoms with Crippen molar-refractivity contribution in [2.45, 2.75) is 33.4 Å². The third kappa shape index (κ3) is 3.85. The van der Waals surface area contributed by atoms with Crippen molar-refractivity contribution in [3.05, 3.63) is 64.8 Å². The Balaban J connectivity index is 1.46. The van der Waals surface area contributed by atoms with Crippen LogP contribution in [-0.4, -0.2) is 28.2 Å². The first-order valence-electron chi connectivity index (χ1n) is 9.18. The Morgan fingerprint density at radius 2 is 2.07 bits per heavy atom. The highest BCUT2D eigenvalue weighted by molar-refractivity contribution is 5.54. The highest BCUT2D eigenvalue weighted by atomic mass is 19.1. The topological polar surface area (TPSA) is 51.4 Å². The normalized spacial score (nSPS) is 14.2. The lowest BCUT2D eigenvalue weighted by atomic mass is 9.99. The summed E-state index contributed by atoms with van der Waals surface area (Å²) in [6, 6.07) is 11.3. The lowest BCUT2D eigenvalue weighted by Crippen LogP contribution is -2.30. The molecule has 0 saturated carbocycles. The minimum absolute atomic E-state index is 0.267. The fourth-order valence-corrected chi connectivity index (χ4v) is 3.34. The maximum atomic E-state index is 13.8. The van der Waals surface area contributed by atoms with Gasteiger partial charge in [-0.25, -0.2) is 4.39 Å². The average Bonchev–Trinajstić information content (AvgIpc) is 3.12. The average molecular weight is 367 g/mol. The smallest absolute Gasteiger partial charge is 0.241 e. The SMILES string of the molecule is CCOc1ccc2c(c1)CN(Cc1nc(-c3ccc(C)c(F)c3)no1)CC2. The second kappa shape index (κ2) is 7.48. The summed E-state index contributed by atoms with van der Waals surface area (Å²) in [4.78, 5) is 6.71. The van der Waals surface area contributed by atoms with E-state index in [-0.39, 0.29) is 5.82 Å². The van der Waals surface area contributed by atoms with Crippen molar-refractivity contribution < 1.29 is 13.7 Å². The van der Waals surface area contributed by atoms with Crippen LogP contribution in [0.15, 0.2) is 40.9 Å². The molecule has 0 atom stereocenters. The number of nitrogens with zero attached hydrogens (tertiary/aromatic N) is 3. The molecule has 0 fully saturated rings. The van der Waals surface area contributed by atoms with E-state index in [9.17, 15) is 4.39 Å². The summed E-state index contributed by atoms with van der Waals surface area (Å²) in [6.45, 7) is 6.68. The van der Waals surface area contributed by atoms with Gasteiger partial charge in [-0.05, 0) is 55.2 Å². The maximum absolute atomic E-state index is 13.8. The molecule has 0 saturated heterocycles. The van der Waals surface area contributed by atoms with Gasteiger partial charge in [0.15, 0.2) is 0 Å². The fourth-order valence-electron chi connectivity index (χ4n) is 3.34. The van der Waals surface area contributed by atoms with E-state index in [0.29, 0.717) is 36.0 Å². The van der Waals surface area contributed by atoms with Crippen molar-refractivity contribution in [3.8, 4) is 17.1 Å². The van der Waals surface area contributed by atoms with Crippen molar-refractivity contribution in [1.82, 2.24) is 15.0 Å². The van der Waals surface area contributed by atoms with Crippen LogP contribution < -0.4 is 4.74 Å². The Kier molecular flexibility index (Phi) is 4.90. The summed E-state index contributed by atoms with van der Waals surface area (Å²) in [6.07, 6.45) is 0.978. The summed E-state index contributed by atoms with van der Waals surface area (Å²) < 4.78 is 24.8. The summed E-state index contributed by atoms with van der Waals surface area (Å²) >= 11 is 0. The lowest BCUT2D eigenvalue weighted by Gasteiger charge is -2.27. The molecule has 1 aliphatic heterocycles. The molecule has 2 heterocycles. The van der Waals surface area contributed by atoms with Crippen LogP contribution >= 0.6 is 0 Å². The molecule has 0 aliphatic carbocycles. The van der Waals surface area contributed by atoms with Gasteiger partial charge >= 0.3 is 0 Å². The quantitative estimate of drug-likeness (QED) is 0.678. The molecule has 0 amide bonds. The second-order valence-electron chi connectivity index (χ2n) is 6.80. The number of rotatable bonds is 5. The van der Waals surface area contributed by atoms with Crippen molar-refractivity contribution in [1.29, 1.82) is 0 Å². The van der Waals surface area contributed by atoms with Gasteiger partial charge in [-0.2, -0.15) is 4.98 Å². The number of halogens is 1. The summed E-state index contributed by atoms with van der Waals surface area (Å²) in [5.74, 6) is 1.59. The van der Waals surface area contributed by atoms with Gasteiger partial charge in [0.05, 0.1) is 13.2 Å². The third-order valence-corrected chi connectivity index (χ3v) is 4.84. The molecule has 0 unspecified atom stereocenters. The van der Waals surface area contributed by atoms with E-state index in [4.69, 9.17) is 9.26 Å². The Hall–Kier alpha value is -2.73. The zero-order valence-electron chi connectivity index (χ0n) is 15.5. The minimum atomic E-state index is -0.267. The molecule has 1 aromatic heterocycles. The highest BCUT2D eigenvalue weighted by Gasteiger charge is 2.20. The molecule has 5 nitrogen and oxygen atoms in total. The summed E-state index contributed by atoms with van der Waals surface area (Å²) in [5.41, 5.74) is 3.85. The number of fused-ring (bicyclic) bond motifs is 1. The van der Waals surface area contributed by atoms with Gasteiger partial charge in [-0.3, -0.25) is 4.90 Å². The van der Waals surface area contributed by atoms with Gasteiger partial charge in [0, 0.05) is 18.7 Å². The van der Waals surface area contributed by atoms with Gasteiger partial charge in [0.1, 0.15) is 11.6 Å². The van der Waals surface area contributed by atoms with E-state index in [1.165, 1.54) is 17.2 Å². The van der Waals surface area contributed by atoms with Gasteiger partial charge in [0.25, 0.3) is 0 Å². The van der Waals surface area contributed by atoms with Crippen molar-refractivity contribution in [2.75, 3.05) is 13.2 Å². The highest BCUT2D eigenvalue weighted by Crippen LogP contribution is 2.25. The predicted octanol–water partition coefficient (Wildman–Crippen LogP) is 4.14. The van der Waals surface area contributed by atoms with Crippen LogP contribution in [0.5, 0.6) is 5.75 Å². The van der Waals surface area contributed by atoms with Gasteiger partial charge in [-0.1, -0.05) is 23.4 Å². The first kappa shape index (κ1) is 17.7. The predicted molar refractivity (Wildman–Crippen MR) is 99.9 cm³/mol. The number of ether oxygens (including phenoxy) is 1. The van der Waals surface area contributed by atoms with Crippen LogP contribution in [0.3, 0.4) is 0 Å². The van der Waals surface area contributed by atoms with Crippen LogP contribution in [-0.2, 0) is 19.5 Å². The minimum Gasteiger partial charge on any atom is -0.494 e. The fraction of sp³-hybridized carbons (Fsp3) is 0.333. The largest absolute Gasteiger partial charge is 0.494 e. The Bertz CT molecular complexity index is 954. The Morgan fingerprint density at radius 3 is 2.89 bits per heavy atom. The van der Waals surface area contributed by atoms with Crippen LogP contribution in [0.25, 0.3) is 11.4 Å². The van der Waals surface area contributed by atoms with E-state index >= 15 is 0 Å². The number of aryl methyl sites for hydroxylation is 1. The van der Waals surface area contributed by atoms with Crippen LogP contribution in [0.4, 0.5) is 4.39 Å². The Labute approximate surface area is 157 Å². The molecule has 1 aliphatic rings. The van der Waals surface area contributed by atoms with E-state index in [2.05, 4.69) is 27.2 Å². The summed E-state index contributed by atoms with van der Waals surface area (Å²) in [7, 11) is 0. The molecule has 0 bridgehead atoms. The summed E-state index contributed by atoms with van der Waals surface area (Å²) in [5, 5.41) is 4.01. The molecule has 6 heteroatoms. The molecule has 0 radical (unpaired) electrons. The molecule has 3 aromatic rings. The zero-order chi connectivity index (χ0) is 18.8. The van der Waals surface area contributed by atoms with Crippen molar-refractivity contribution in [2.24, 2.45) is 0 Å². The third-order valence-electron chi connectivity index (χ3n) is 4.84. The molecular formula is C21H22FN3O2. The first-order valence-corrected chi connectivity index (χ1v) is 9.18. The van der Waals surface area contributed by atoms with E-state index < -0.39 is 0 Å². The van der Waals surface area contributed by atoms with E-state index in [0.717, 1.165) is 25.3 Å². The molecule has 0 spiro atoms. The van der Waals surface area contributed by atoms with Crippen molar-refractivity contribution >= 4 is 0 Å². The van der Waals surface area contributed by atoms with Gasteiger partial charge in [-0.15, -0.1) is 0 Å². The molecular weight excluding hydrogens is 345 g/mol. The molecule has 0 N–H and O–H groups in total. The van der Waals surface area contributed by atoms with Gasteiger partial charge in [0.2, 0.25) is 11.7 Å². The molecule has 4 rings (SSSR count). The maximum Gasteiger partial charge on any atom is 0.241 e. The molecule has 2 aromatic carbocycles. The van der Waals surface area contributed by atoms with Crippen LogP contribution in [0, 0.1) is 12.7 Å². The second-order valence-corrected chi connectivity index (χ2v) is 6.80. The zero-order valence-corrected chi connectivity index (χ0v) is 15.5. The number of benzene rings is 2. The number of hydrogen-bond donors (Lipinski definition) is 0. The van der Waals surface area contributed by atoms with Crippen molar-refractivity contribution in [3.63, 3.8) is 0 Å². The van der Waals surface area contributed by atoms with Crippen LogP contribution in [0.1, 0.15) is 29.5 Å². The first-order chi connectivity index (χ1) is 13.1. The van der Waals surface area contributed by atoms with E-state index in [1.54, 1.807) is 19.1 Å². The Morgan fingerprint density at radius 1 is 1.19 bits per heavy atom. The standard InChI is InChI=1S/C21H22FN3O2/c1-3-26-18-7-6-15-8-9-25(12-17(15)10-18)13-20-23-21(24-27-20)16-5-4-14(2)19(22)11-16/h4-7,10-11H,3,8-9,12-13H2,1-2H3. The van der Waals surface area contributed by atoms with Crippen LogP contribution in [0.2, 0.25) is 0 Å². The lowest BCUT2D eigenvalue weighted by molar-refractivity contribution is 0.210. The number of hydrogen-bond acceptors (Lipinski definition) is 5. The monoisotopic (exact) mass is 367 g/mol. The van der Waals surface area contributed by atoms with Gasteiger partial charge < -0.3 is 9.26 Å². The molecule has 140 valence electrons.